The molecule has 7 nitrogen and oxygen atoms in total. The van der Waals surface area contributed by atoms with Crippen molar-refractivity contribution in [1.82, 2.24) is 10.2 Å². The highest BCUT2D eigenvalue weighted by Gasteiger charge is 2.28. The van der Waals surface area contributed by atoms with Gasteiger partial charge in [-0.2, -0.15) is 0 Å². The van der Waals surface area contributed by atoms with E-state index in [9.17, 15) is 13.2 Å². The third kappa shape index (κ3) is 6.01. The van der Waals surface area contributed by atoms with Crippen molar-refractivity contribution in [3.05, 3.63) is 24.3 Å². The molecule has 0 radical (unpaired) electrons. The van der Waals surface area contributed by atoms with Gasteiger partial charge in [0, 0.05) is 6.54 Å². The van der Waals surface area contributed by atoms with Gasteiger partial charge in [0.1, 0.15) is 11.8 Å². The summed E-state index contributed by atoms with van der Waals surface area (Å²) < 4.78 is 30.5. The van der Waals surface area contributed by atoms with Crippen LogP contribution in [-0.4, -0.2) is 65.8 Å². The van der Waals surface area contributed by atoms with Crippen LogP contribution in [0.3, 0.4) is 0 Å². The predicted octanol–water partition coefficient (Wildman–Crippen LogP) is 0.918. The molecule has 0 aromatic heterocycles. The molecule has 1 unspecified atom stereocenters. The summed E-state index contributed by atoms with van der Waals surface area (Å²) in [5, 5.41) is 2.79. The monoisotopic (exact) mass is 357 g/mol. The minimum Gasteiger partial charge on any atom is -0.497 e. The lowest BCUT2D eigenvalue weighted by Gasteiger charge is -2.28. The summed E-state index contributed by atoms with van der Waals surface area (Å²) in [5.41, 5.74) is 0.425. The number of anilines is 1. The average molecular weight is 357 g/mol. The minimum atomic E-state index is -3.60. The molecule has 0 spiro atoms. The van der Waals surface area contributed by atoms with Gasteiger partial charge in [-0.05, 0) is 58.3 Å². The molecule has 1 aromatic rings. The van der Waals surface area contributed by atoms with Crippen molar-refractivity contribution in [2.75, 3.05) is 44.9 Å². The number of ether oxygens (including phenoxy) is 1. The molecular weight excluding hydrogens is 330 g/mol. The molecule has 0 saturated carbocycles. The van der Waals surface area contributed by atoms with E-state index >= 15 is 0 Å². The summed E-state index contributed by atoms with van der Waals surface area (Å²) in [6.07, 6.45) is 1.89. The van der Waals surface area contributed by atoms with Gasteiger partial charge < -0.3 is 15.0 Å². The van der Waals surface area contributed by atoms with Crippen LogP contribution in [0.5, 0.6) is 5.75 Å². The Morgan fingerprint density at radius 2 is 1.83 bits per heavy atom. The molecule has 0 aliphatic carbocycles. The summed E-state index contributed by atoms with van der Waals surface area (Å²) in [7, 11) is 1.85. The molecule has 0 fully saturated rings. The van der Waals surface area contributed by atoms with Crippen molar-refractivity contribution in [3.8, 4) is 5.75 Å². The van der Waals surface area contributed by atoms with Gasteiger partial charge in [-0.1, -0.05) is 0 Å². The zero-order valence-corrected chi connectivity index (χ0v) is 15.8. The van der Waals surface area contributed by atoms with Crippen molar-refractivity contribution < 1.29 is 17.9 Å². The van der Waals surface area contributed by atoms with Gasteiger partial charge in [0.05, 0.1) is 19.1 Å². The van der Waals surface area contributed by atoms with E-state index in [-0.39, 0.29) is 5.91 Å². The average Bonchev–Trinajstić information content (AvgIpc) is 2.50. The molecule has 0 bridgehead atoms. The number of amides is 1. The fourth-order valence-electron chi connectivity index (χ4n) is 2.29. The van der Waals surface area contributed by atoms with Gasteiger partial charge in [0.25, 0.3) is 0 Å². The highest BCUT2D eigenvalue weighted by molar-refractivity contribution is 7.92. The summed E-state index contributed by atoms with van der Waals surface area (Å²) in [6.45, 7) is 2.93. The van der Waals surface area contributed by atoms with E-state index in [4.69, 9.17) is 4.74 Å². The van der Waals surface area contributed by atoms with Crippen LogP contribution >= 0.6 is 0 Å². The van der Waals surface area contributed by atoms with Gasteiger partial charge in [0.2, 0.25) is 15.9 Å². The zero-order valence-electron chi connectivity index (χ0n) is 14.9. The lowest BCUT2D eigenvalue weighted by atomic mass is 10.2. The number of benzene rings is 1. The largest absolute Gasteiger partial charge is 0.497 e. The van der Waals surface area contributed by atoms with Crippen LogP contribution in [0.25, 0.3) is 0 Å². The minimum absolute atomic E-state index is 0.324. The van der Waals surface area contributed by atoms with E-state index in [1.807, 2.05) is 19.0 Å². The van der Waals surface area contributed by atoms with E-state index in [0.29, 0.717) is 18.0 Å². The standard InChI is InChI=1S/C16H27N3O4S/c1-13(16(20)17-11-6-12-18(2)3)19(24(5,21)22)14-7-9-15(23-4)10-8-14/h7-10,13H,6,11-12H2,1-5H3,(H,17,20). The number of hydrogen-bond donors (Lipinski definition) is 1. The Kier molecular flexibility index (Phi) is 7.50. The SMILES string of the molecule is COc1ccc(N(C(C)C(=O)NCCCN(C)C)S(C)(=O)=O)cc1. The van der Waals surface area contributed by atoms with Gasteiger partial charge >= 0.3 is 0 Å². The maximum atomic E-state index is 12.3. The number of rotatable bonds is 9. The van der Waals surface area contributed by atoms with E-state index in [0.717, 1.165) is 23.5 Å². The topological polar surface area (TPSA) is 79.0 Å². The second-order valence-electron chi connectivity index (χ2n) is 5.88. The summed E-state index contributed by atoms with van der Waals surface area (Å²) in [6, 6.07) is 5.73. The van der Waals surface area contributed by atoms with E-state index in [2.05, 4.69) is 5.32 Å². The molecule has 1 N–H and O–H groups in total. The Morgan fingerprint density at radius 3 is 2.29 bits per heavy atom. The zero-order chi connectivity index (χ0) is 18.3. The number of nitrogens with one attached hydrogen (secondary N) is 1. The lowest BCUT2D eigenvalue weighted by molar-refractivity contribution is -0.121. The smallest absolute Gasteiger partial charge is 0.243 e. The summed E-state index contributed by atoms with van der Waals surface area (Å²) in [4.78, 5) is 14.3. The summed E-state index contributed by atoms with van der Waals surface area (Å²) in [5.74, 6) is 0.294. The van der Waals surface area contributed by atoms with Crippen LogP contribution in [0.1, 0.15) is 13.3 Å². The maximum absolute atomic E-state index is 12.3. The number of carbonyl (C=O) groups excluding carboxylic acids is 1. The van der Waals surface area contributed by atoms with Crippen molar-refractivity contribution in [2.45, 2.75) is 19.4 Å². The molecule has 136 valence electrons. The van der Waals surface area contributed by atoms with E-state index < -0.39 is 16.1 Å². The van der Waals surface area contributed by atoms with Crippen LogP contribution in [0.2, 0.25) is 0 Å². The van der Waals surface area contributed by atoms with Gasteiger partial charge in [-0.25, -0.2) is 8.42 Å². The molecule has 1 atom stereocenters. The molecule has 0 saturated heterocycles. The second-order valence-corrected chi connectivity index (χ2v) is 7.74. The molecule has 0 aliphatic rings. The number of sulfonamides is 1. The first-order valence-electron chi connectivity index (χ1n) is 7.72. The van der Waals surface area contributed by atoms with Gasteiger partial charge in [-0.15, -0.1) is 0 Å². The van der Waals surface area contributed by atoms with Gasteiger partial charge in [-0.3, -0.25) is 9.10 Å². The van der Waals surface area contributed by atoms with Crippen molar-refractivity contribution in [1.29, 1.82) is 0 Å². The fraction of sp³-hybridized carbons (Fsp3) is 0.562. The number of methoxy groups -OCH3 is 1. The first-order chi connectivity index (χ1) is 11.2. The normalized spacial score (nSPS) is 12.8. The molecule has 1 amide bonds. The molecule has 1 rings (SSSR count). The number of hydrogen-bond acceptors (Lipinski definition) is 5. The molecule has 0 heterocycles. The molecule has 8 heteroatoms. The molecule has 1 aromatic carbocycles. The molecule has 0 aliphatic heterocycles. The van der Waals surface area contributed by atoms with Crippen LogP contribution in [0.15, 0.2) is 24.3 Å². The van der Waals surface area contributed by atoms with E-state index in [1.54, 1.807) is 31.2 Å². The predicted molar refractivity (Wildman–Crippen MR) is 96.0 cm³/mol. The van der Waals surface area contributed by atoms with Crippen molar-refractivity contribution in [3.63, 3.8) is 0 Å². The molecular formula is C16H27N3O4S. The second kappa shape index (κ2) is 8.89. The van der Waals surface area contributed by atoms with Crippen LogP contribution < -0.4 is 14.4 Å². The Hall–Kier alpha value is -1.80. The van der Waals surface area contributed by atoms with E-state index in [1.165, 1.54) is 7.11 Å². The Balaban J connectivity index is 2.85. The number of carbonyl (C=O) groups is 1. The van der Waals surface area contributed by atoms with Crippen LogP contribution in [-0.2, 0) is 14.8 Å². The first-order valence-corrected chi connectivity index (χ1v) is 9.57. The summed E-state index contributed by atoms with van der Waals surface area (Å²) >= 11 is 0. The van der Waals surface area contributed by atoms with Crippen molar-refractivity contribution >= 4 is 21.6 Å². The quantitative estimate of drug-likeness (QED) is 0.665. The van der Waals surface area contributed by atoms with Crippen molar-refractivity contribution in [2.24, 2.45) is 0 Å². The van der Waals surface area contributed by atoms with Gasteiger partial charge in [0.15, 0.2) is 0 Å². The Labute approximate surface area is 144 Å². The Bertz CT molecular complexity index is 629. The highest BCUT2D eigenvalue weighted by Crippen LogP contribution is 2.23. The Morgan fingerprint density at radius 1 is 1.25 bits per heavy atom. The maximum Gasteiger partial charge on any atom is 0.243 e. The third-order valence-electron chi connectivity index (χ3n) is 3.50. The first kappa shape index (κ1) is 20.2. The molecule has 24 heavy (non-hydrogen) atoms. The third-order valence-corrected chi connectivity index (χ3v) is 4.74. The van der Waals surface area contributed by atoms with Crippen LogP contribution in [0.4, 0.5) is 5.69 Å². The highest BCUT2D eigenvalue weighted by atomic mass is 32.2. The lowest BCUT2D eigenvalue weighted by Crippen LogP contribution is -2.48. The fourth-order valence-corrected chi connectivity index (χ4v) is 3.47. The number of nitrogens with zero attached hydrogens (tertiary/aromatic N) is 2. The van der Waals surface area contributed by atoms with Crippen LogP contribution in [0, 0.1) is 0 Å².